The number of nitrogens with one attached hydrogen (secondary N) is 1. The Morgan fingerprint density at radius 1 is 1.07 bits per heavy atom. The Hall–Kier alpha value is -1.75. The van der Waals surface area contributed by atoms with E-state index in [4.69, 9.17) is 0 Å². The lowest BCUT2D eigenvalue weighted by molar-refractivity contribution is 0.0787. The molecule has 2 aliphatic heterocycles. The van der Waals surface area contributed by atoms with Crippen molar-refractivity contribution in [2.75, 3.05) is 59.9 Å². The Morgan fingerprint density at radius 3 is 2.30 bits per heavy atom. The van der Waals surface area contributed by atoms with Crippen LogP contribution in [-0.2, 0) is 10.2 Å². The maximum atomic E-state index is 12.5. The van der Waals surface area contributed by atoms with E-state index in [2.05, 4.69) is 4.98 Å². The second-order valence-electron chi connectivity index (χ2n) is 7.19. The van der Waals surface area contributed by atoms with Gasteiger partial charge < -0.3 is 9.88 Å². The fourth-order valence-electron chi connectivity index (χ4n) is 3.41. The topological polar surface area (TPSA) is 97.0 Å². The van der Waals surface area contributed by atoms with E-state index in [-0.39, 0.29) is 18.2 Å². The first-order valence-electron chi connectivity index (χ1n) is 9.20. The molecule has 2 saturated heterocycles. The summed E-state index contributed by atoms with van der Waals surface area (Å²) in [5.74, 6) is -0.135. The van der Waals surface area contributed by atoms with Gasteiger partial charge >= 0.3 is 0 Å². The smallest absolute Gasteiger partial charge is 0.281 e. The molecule has 1 N–H and O–H groups in total. The molecule has 2 fully saturated rings. The Labute approximate surface area is 160 Å². The minimum atomic E-state index is -3.41. The van der Waals surface area contributed by atoms with Crippen molar-refractivity contribution in [3.63, 3.8) is 0 Å². The monoisotopic (exact) mass is 397 g/mol. The molecule has 10 heteroatoms. The number of aromatic amines is 1. The van der Waals surface area contributed by atoms with E-state index in [1.165, 1.54) is 22.7 Å². The fourth-order valence-corrected chi connectivity index (χ4v) is 4.50. The van der Waals surface area contributed by atoms with Gasteiger partial charge in [0.05, 0.1) is 6.54 Å². The van der Waals surface area contributed by atoms with Gasteiger partial charge in [-0.25, -0.2) is 0 Å². The summed E-state index contributed by atoms with van der Waals surface area (Å²) >= 11 is 0. The Kier molecular flexibility index (Phi) is 5.99. The lowest BCUT2D eigenvalue weighted by atomic mass is 10.2. The number of Topliss-reactive ketones (excluding diaryl/α,β-unsaturated/α-hetero) is 1. The van der Waals surface area contributed by atoms with E-state index >= 15 is 0 Å². The lowest BCUT2D eigenvalue weighted by Crippen LogP contribution is -2.52. The molecular formula is C17H27N5O4S. The van der Waals surface area contributed by atoms with Crippen LogP contribution in [0.15, 0.2) is 12.3 Å². The summed E-state index contributed by atoms with van der Waals surface area (Å²) in [6.45, 7) is 3.47. The summed E-state index contributed by atoms with van der Waals surface area (Å²) in [7, 11) is -0.386. The number of amides is 1. The van der Waals surface area contributed by atoms with Crippen molar-refractivity contribution in [2.24, 2.45) is 0 Å². The first-order valence-corrected chi connectivity index (χ1v) is 10.6. The van der Waals surface area contributed by atoms with Gasteiger partial charge in [-0.2, -0.15) is 17.0 Å². The summed E-state index contributed by atoms with van der Waals surface area (Å²) < 4.78 is 26.9. The van der Waals surface area contributed by atoms with Crippen LogP contribution in [0.1, 0.15) is 33.7 Å². The van der Waals surface area contributed by atoms with E-state index in [0.717, 1.165) is 25.9 Å². The third-order valence-electron chi connectivity index (χ3n) is 5.11. The quantitative estimate of drug-likeness (QED) is 0.674. The highest BCUT2D eigenvalue weighted by Gasteiger charge is 2.29. The molecule has 1 amide bonds. The lowest BCUT2D eigenvalue weighted by Gasteiger charge is -2.34. The molecule has 0 spiro atoms. The summed E-state index contributed by atoms with van der Waals surface area (Å²) in [6, 6.07) is 1.62. The van der Waals surface area contributed by atoms with Crippen molar-refractivity contribution in [2.45, 2.75) is 12.8 Å². The van der Waals surface area contributed by atoms with Crippen molar-refractivity contribution in [1.82, 2.24) is 23.4 Å². The van der Waals surface area contributed by atoms with Gasteiger partial charge in [-0.3, -0.25) is 14.5 Å². The molecular weight excluding hydrogens is 370 g/mol. The Morgan fingerprint density at radius 2 is 1.70 bits per heavy atom. The molecule has 3 heterocycles. The van der Waals surface area contributed by atoms with E-state index in [1.54, 1.807) is 17.2 Å². The van der Waals surface area contributed by atoms with Gasteiger partial charge in [0, 0.05) is 65.1 Å². The number of aromatic nitrogens is 1. The second kappa shape index (κ2) is 8.09. The van der Waals surface area contributed by atoms with Gasteiger partial charge in [0.25, 0.3) is 16.1 Å². The van der Waals surface area contributed by atoms with Crippen LogP contribution in [0.5, 0.6) is 0 Å². The number of piperazine rings is 1. The van der Waals surface area contributed by atoms with E-state index in [1.807, 2.05) is 4.90 Å². The molecule has 1 aromatic heterocycles. The highest BCUT2D eigenvalue weighted by atomic mass is 32.2. The molecule has 0 aromatic carbocycles. The summed E-state index contributed by atoms with van der Waals surface area (Å²) in [4.78, 5) is 31.6. The molecule has 9 nitrogen and oxygen atoms in total. The minimum Gasteiger partial charge on any atom is -0.356 e. The van der Waals surface area contributed by atoms with E-state index in [0.29, 0.717) is 37.4 Å². The number of nitrogens with zero attached hydrogens (tertiary/aromatic N) is 4. The average molecular weight is 398 g/mol. The van der Waals surface area contributed by atoms with Crippen LogP contribution in [0.25, 0.3) is 0 Å². The molecule has 1 aromatic rings. The van der Waals surface area contributed by atoms with Crippen LogP contribution >= 0.6 is 0 Å². The van der Waals surface area contributed by atoms with Gasteiger partial charge in [0.1, 0.15) is 5.69 Å². The summed E-state index contributed by atoms with van der Waals surface area (Å²) in [5.41, 5.74) is 0.933. The molecule has 0 radical (unpaired) electrons. The fraction of sp³-hybridized carbons (Fsp3) is 0.647. The zero-order chi connectivity index (χ0) is 19.6. The van der Waals surface area contributed by atoms with Crippen molar-refractivity contribution in [3.05, 3.63) is 23.5 Å². The van der Waals surface area contributed by atoms with Gasteiger partial charge in [0.2, 0.25) is 0 Å². The molecule has 0 unspecified atom stereocenters. The molecule has 0 bridgehead atoms. The Balaban J connectivity index is 1.54. The number of ketones is 1. The van der Waals surface area contributed by atoms with Crippen molar-refractivity contribution < 1.29 is 18.0 Å². The third-order valence-corrected chi connectivity index (χ3v) is 7.06. The minimum absolute atomic E-state index is 0.0611. The van der Waals surface area contributed by atoms with Crippen LogP contribution in [0, 0.1) is 0 Å². The van der Waals surface area contributed by atoms with Crippen LogP contribution in [0.3, 0.4) is 0 Å². The van der Waals surface area contributed by atoms with Crippen LogP contribution in [0.4, 0.5) is 0 Å². The Bertz CT molecular complexity index is 790. The normalized spacial score (nSPS) is 19.7. The number of hydrogen-bond acceptors (Lipinski definition) is 5. The van der Waals surface area contributed by atoms with Gasteiger partial charge in [0.15, 0.2) is 5.78 Å². The number of H-pyrrole nitrogens is 1. The molecule has 0 atom stereocenters. The van der Waals surface area contributed by atoms with Crippen molar-refractivity contribution in [1.29, 1.82) is 0 Å². The molecule has 0 aliphatic carbocycles. The van der Waals surface area contributed by atoms with Gasteiger partial charge in [-0.05, 0) is 18.9 Å². The van der Waals surface area contributed by atoms with Crippen molar-refractivity contribution >= 4 is 21.9 Å². The molecule has 150 valence electrons. The predicted molar refractivity (Wildman–Crippen MR) is 101 cm³/mol. The summed E-state index contributed by atoms with van der Waals surface area (Å²) in [5, 5.41) is 0. The zero-order valence-electron chi connectivity index (χ0n) is 15.8. The maximum absolute atomic E-state index is 12.5. The largest absolute Gasteiger partial charge is 0.356 e. The molecule has 2 aliphatic rings. The van der Waals surface area contributed by atoms with E-state index in [9.17, 15) is 18.0 Å². The van der Waals surface area contributed by atoms with Crippen LogP contribution in [0.2, 0.25) is 0 Å². The average Bonchev–Trinajstić information content (AvgIpc) is 3.33. The van der Waals surface area contributed by atoms with E-state index < -0.39 is 10.2 Å². The highest BCUT2D eigenvalue weighted by Crippen LogP contribution is 2.15. The zero-order valence-corrected chi connectivity index (χ0v) is 16.7. The number of hydrogen-bond donors (Lipinski definition) is 1. The summed E-state index contributed by atoms with van der Waals surface area (Å²) in [6.07, 6.45) is 3.62. The highest BCUT2D eigenvalue weighted by molar-refractivity contribution is 7.86. The second-order valence-corrected chi connectivity index (χ2v) is 9.33. The van der Waals surface area contributed by atoms with Gasteiger partial charge in [-0.1, -0.05) is 0 Å². The van der Waals surface area contributed by atoms with Gasteiger partial charge in [-0.15, -0.1) is 0 Å². The number of rotatable bonds is 6. The SMILES string of the molecule is CN(C)S(=O)(=O)N1CCN(CC(=O)c2c[nH]c(C(=O)N3CCCC3)c2)CC1. The molecule has 0 saturated carbocycles. The molecule has 27 heavy (non-hydrogen) atoms. The maximum Gasteiger partial charge on any atom is 0.281 e. The number of carbonyl (C=O) groups excluding carboxylic acids is 2. The standard InChI is InChI=1S/C17H27N5O4S/c1-19(2)27(25,26)22-9-7-20(8-10-22)13-16(23)14-11-15(18-12-14)17(24)21-5-3-4-6-21/h11-12,18H,3-10,13H2,1-2H3. The van der Waals surface area contributed by atoms with Crippen molar-refractivity contribution in [3.8, 4) is 0 Å². The first-order chi connectivity index (χ1) is 12.8. The van der Waals surface area contributed by atoms with Crippen LogP contribution < -0.4 is 0 Å². The predicted octanol–water partition coefficient (Wildman–Crippen LogP) is -0.143. The number of likely N-dealkylation sites (tertiary alicyclic amines) is 1. The first kappa shape index (κ1) is 20.0. The third kappa shape index (κ3) is 4.40. The number of carbonyl (C=O) groups is 2. The van der Waals surface area contributed by atoms with Crippen LogP contribution in [-0.4, -0.2) is 103 Å². The molecule has 3 rings (SSSR count).